The third-order valence-corrected chi connectivity index (χ3v) is 5.82. The van der Waals surface area contributed by atoms with Gasteiger partial charge in [0, 0.05) is 13.1 Å². The normalized spacial score (nSPS) is 26.7. The number of nitrogens with two attached hydrogens (primary N) is 1. The minimum atomic E-state index is -3.17. The van der Waals surface area contributed by atoms with E-state index in [2.05, 4.69) is 0 Å². The maximum absolute atomic E-state index is 12.3. The van der Waals surface area contributed by atoms with Crippen LogP contribution in [0.1, 0.15) is 40.0 Å². The summed E-state index contributed by atoms with van der Waals surface area (Å²) in [5.74, 6) is 0.527. The van der Waals surface area contributed by atoms with Gasteiger partial charge in [-0.3, -0.25) is 0 Å². The van der Waals surface area contributed by atoms with E-state index in [1.165, 1.54) is 0 Å². The first-order valence-electron chi connectivity index (χ1n) is 6.33. The molecule has 0 aromatic rings. The SMILES string of the molecule is CN(C1CCCC1CN)S(=O)(=O)CC(C)(C)C. The number of hydrogen-bond donors (Lipinski definition) is 1. The largest absolute Gasteiger partial charge is 0.330 e. The van der Waals surface area contributed by atoms with Gasteiger partial charge in [0.25, 0.3) is 0 Å². The second-order valence-electron chi connectivity index (χ2n) is 6.33. The van der Waals surface area contributed by atoms with Crippen molar-refractivity contribution in [3.05, 3.63) is 0 Å². The summed E-state index contributed by atoms with van der Waals surface area (Å²) in [5, 5.41) is 0. The van der Waals surface area contributed by atoms with E-state index in [0.717, 1.165) is 19.3 Å². The lowest BCUT2D eigenvalue weighted by molar-refractivity contribution is 0.299. The van der Waals surface area contributed by atoms with Gasteiger partial charge in [-0.05, 0) is 30.7 Å². The van der Waals surface area contributed by atoms with E-state index in [9.17, 15) is 8.42 Å². The highest BCUT2D eigenvalue weighted by atomic mass is 32.2. The summed E-state index contributed by atoms with van der Waals surface area (Å²) >= 11 is 0. The molecule has 102 valence electrons. The lowest BCUT2D eigenvalue weighted by Crippen LogP contribution is -2.44. The van der Waals surface area contributed by atoms with Gasteiger partial charge >= 0.3 is 0 Å². The van der Waals surface area contributed by atoms with Gasteiger partial charge in [-0.1, -0.05) is 27.2 Å². The molecule has 5 heteroatoms. The van der Waals surface area contributed by atoms with Crippen LogP contribution in [0.4, 0.5) is 0 Å². The molecule has 0 heterocycles. The Kier molecular flexibility index (Phi) is 4.60. The van der Waals surface area contributed by atoms with Gasteiger partial charge in [0.15, 0.2) is 0 Å². The van der Waals surface area contributed by atoms with Crippen LogP contribution >= 0.6 is 0 Å². The molecule has 0 bridgehead atoms. The molecule has 1 aliphatic rings. The van der Waals surface area contributed by atoms with Crippen LogP contribution in [0.2, 0.25) is 0 Å². The van der Waals surface area contributed by atoms with Crippen molar-refractivity contribution in [1.82, 2.24) is 4.31 Å². The smallest absolute Gasteiger partial charge is 0.214 e. The van der Waals surface area contributed by atoms with Gasteiger partial charge in [0.1, 0.15) is 0 Å². The molecule has 0 amide bonds. The first-order chi connectivity index (χ1) is 7.67. The summed E-state index contributed by atoms with van der Waals surface area (Å²) in [5.41, 5.74) is 5.51. The van der Waals surface area contributed by atoms with Gasteiger partial charge < -0.3 is 5.73 Å². The van der Waals surface area contributed by atoms with Crippen LogP contribution in [-0.2, 0) is 10.0 Å². The highest BCUT2D eigenvalue weighted by Crippen LogP contribution is 2.31. The zero-order valence-electron chi connectivity index (χ0n) is 11.4. The summed E-state index contributed by atoms with van der Waals surface area (Å²) < 4.78 is 26.1. The summed E-state index contributed by atoms with van der Waals surface area (Å²) in [4.78, 5) is 0. The Labute approximate surface area is 106 Å². The minimum Gasteiger partial charge on any atom is -0.330 e. The topological polar surface area (TPSA) is 63.4 Å². The molecule has 2 atom stereocenters. The van der Waals surface area contributed by atoms with Crippen LogP contribution in [0, 0.1) is 11.3 Å². The first-order valence-corrected chi connectivity index (χ1v) is 7.94. The molecule has 17 heavy (non-hydrogen) atoms. The summed E-state index contributed by atoms with van der Waals surface area (Å²) in [6.45, 7) is 6.44. The van der Waals surface area contributed by atoms with Crippen LogP contribution in [0.15, 0.2) is 0 Å². The van der Waals surface area contributed by atoms with Crippen molar-refractivity contribution in [3.8, 4) is 0 Å². The number of rotatable bonds is 4. The van der Waals surface area contributed by atoms with E-state index in [1.807, 2.05) is 20.8 Å². The van der Waals surface area contributed by atoms with Crippen LogP contribution in [0.25, 0.3) is 0 Å². The van der Waals surface area contributed by atoms with E-state index < -0.39 is 10.0 Å². The third kappa shape index (κ3) is 3.93. The summed E-state index contributed by atoms with van der Waals surface area (Å²) in [7, 11) is -1.46. The van der Waals surface area contributed by atoms with Crippen LogP contribution in [-0.4, -0.2) is 38.1 Å². The van der Waals surface area contributed by atoms with Gasteiger partial charge in [-0.2, -0.15) is 0 Å². The van der Waals surface area contributed by atoms with Crippen LogP contribution in [0.5, 0.6) is 0 Å². The zero-order chi connectivity index (χ0) is 13.3. The molecular formula is C12H26N2O2S. The Hall–Kier alpha value is -0.130. The lowest BCUT2D eigenvalue weighted by Gasteiger charge is -2.31. The van der Waals surface area contributed by atoms with Crippen molar-refractivity contribution >= 4 is 10.0 Å². The van der Waals surface area contributed by atoms with E-state index in [4.69, 9.17) is 5.73 Å². The van der Waals surface area contributed by atoms with Gasteiger partial charge in [-0.15, -0.1) is 0 Å². The molecule has 0 saturated heterocycles. The van der Waals surface area contributed by atoms with E-state index in [0.29, 0.717) is 12.5 Å². The standard InChI is InChI=1S/C12H26N2O2S/c1-12(2,3)9-17(15,16)14(4)11-7-5-6-10(11)8-13/h10-11H,5-9,13H2,1-4H3. The Balaban J connectivity index is 2.78. The number of hydrogen-bond acceptors (Lipinski definition) is 3. The molecule has 2 N–H and O–H groups in total. The average Bonchev–Trinajstić information content (AvgIpc) is 2.59. The molecule has 1 saturated carbocycles. The van der Waals surface area contributed by atoms with Gasteiger partial charge in [0.2, 0.25) is 10.0 Å². The molecule has 0 aromatic carbocycles. The predicted molar refractivity (Wildman–Crippen MR) is 71.2 cm³/mol. The van der Waals surface area contributed by atoms with E-state index in [-0.39, 0.29) is 17.2 Å². The summed E-state index contributed by atoms with van der Waals surface area (Å²) in [6.07, 6.45) is 3.08. The maximum Gasteiger partial charge on any atom is 0.214 e. The van der Waals surface area contributed by atoms with Crippen LogP contribution in [0.3, 0.4) is 0 Å². The van der Waals surface area contributed by atoms with Crippen molar-refractivity contribution in [3.63, 3.8) is 0 Å². The monoisotopic (exact) mass is 262 g/mol. The Morgan fingerprint density at radius 1 is 1.29 bits per heavy atom. The molecule has 0 spiro atoms. The fourth-order valence-electron chi connectivity index (χ4n) is 2.63. The first kappa shape index (κ1) is 14.9. The van der Waals surface area contributed by atoms with Crippen molar-refractivity contribution in [2.45, 2.75) is 46.1 Å². The predicted octanol–water partition coefficient (Wildman–Crippen LogP) is 1.42. The highest BCUT2D eigenvalue weighted by molar-refractivity contribution is 7.89. The molecule has 0 aromatic heterocycles. The third-order valence-electron chi connectivity index (χ3n) is 3.44. The molecule has 1 aliphatic carbocycles. The quantitative estimate of drug-likeness (QED) is 0.833. The molecule has 0 radical (unpaired) electrons. The second-order valence-corrected chi connectivity index (χ2v) is 8.36. The van der Waals surface area contributed by atoms with Crippen molar-refractivity contribution < 1.29 is 8.42 Å². The summed E-state index contributed by atoms with van der Waals surface area (Å²) in [6, 6.07) is 0.104. The molecule has 4 nitrogen and oxygen atoms in total. The number of sulfonamides is 1. The van der Waals surface area contributed by atoms with E-state index in [1.54, 1.807) is 11.4 Å². The Morgan fingerprint density at radius 3 is 2.35 bits per heavy atom. The Morgan fingerprint density at radius 2 is 1.88 bits per heavy atom. The molecule has 0 aliphatic heterocycles. The fourth-order valence-corrected chi connectivity index (χ4v) is 4.61. The zero-order valence-corrected chi connectivity index (χ0v) is 12.3. The number of nitrogens with zero attached hydrogens (tertiary/aromatic N) is 1. The minimum absolute atomic E-state index is 0.104. The van der Waals surface area contributed by atoms with E-state index >= 15 is 0 Å². The van der Waals surface area contributed by atoms with Crippen molar-refractivity contribution in [2.24, 2.45) is 17.1 Å². The second kappa shape index (κ2) is 5.24. The van der Waals surface area contributed by atoms with Crippen molar-refractivity contribution in [1.29, 1.82) is 0 Å². The lowest BCUT2D eigenvalue weighted by atomic mass is 10.0. The molecule has 2 unspecified atom stereocenters. The van der Waals surface area contributed by atoms with Crippen LogP contribution < -0.4 is 5.73 Å². The Bertz CT molecular complexity index is 346. The van der Waals surface area contributed by atoms with Gasteiger partial charge in [-0.25, -0.2) is 12.7 Å². The maximum atomic E-state index is 12.3. The molecule has 1 rings (SSSR count). The highest BCUT2D eigenvalue weighted by Gasteiger charge is 2.36. The fraction of sp³-hybridized carbons (Fsp3) is 1.00. The molecule has 1 fully saturated rings. The van der Waals surface area contributed by atoms with Crippen molar-refractivity contribution in [2.75, 3.05) is 19.3 Å². The average molecular weight is 262 g/mol. The molecular weight excluding hydrogens is 236 g/mol. The van der Waals surface area contributed by atoms with Gasteiger partial charge in [0.05, 0.1) is 5.75 Å².